The van der Waals surface area contributed by atoms with Crippen LogP contribution in [0.15, 0.2) is 30.7 Å². The van der Waals surface area contributed by atoms with Crippen molar-refractivity contribution in [3.63, 3.8) is 0 Å². The zero-order valence-corrected chi connectivity index (χ0v) is 10.6. The molecule has 100 valence electrons. The van der Waals surface area contributed by atoms with Gasteiger partial charge in [-0.25, -0.2) is 10.8 Å². The van der Waals surface area contributed by atoms with Crippen LogP contribution in [0.2, 0.25) is 0 Å². The van der Waals surface area contributed by atoms with E-state index in [0.717, 1.165) is 12.0 Å². The smallest absolute Gasteiger partial charge is 0.251 e. The number of hydrogen-bond donors (Lipinski definition) is 3. The summed E-state index contributed by atoms with van der Waals surface area (Å²) in [6.07, 6.45) is 5.99. The van der Waals surface area contributed by atoms with Gasteiger partial charge in [-0.15, -0.1) is 0 Å². The molecule has 0 fully saturated rings. The lowest BCUT2D eigenvalue weighted by Gasteiger charge is -2.05. The van der Waals surface area contributed by atoms with Gasteiger partial charge in [0.1, 0.15) is 5.82 Å². The highest BCUT2D eigenvalue weighted by molar-refractivity contribution is 5.94. The number of amides is 1. The van der Waals surface area contributed by atoms with Gasteiger partial charge in [0.15, 0.2) is 0 Å². The molecule has 2 aromatic rings. The molecule has 2 aromatic heterocycles. The van der Waals surface area contributed by atoms with Gasteiger partial charge in [0, 0.05) is 31.5 Å². The highest BCUT2D eigenvalue weighted by Gasteiger charge is 2.06. The second-order valence-corrected chi connectivity index (χ2v) is 4.10. The summed E-state index contributed by atoms with van der Waals surface area (Å²) in [6.45, 7) is 0.554. The summed E-state index contributed by atoms with van der Waals surface area (Å²) in [5.41, 5.74) is 4.01. The Balaban J connectivity index is 1.87. The molecule has 7 nitrogen and oxygen atoms in total. The van der Waals surface area contributed by atoms with Gasteiger partial charge in [0.05, 0.1) is 6.20 Å². The van der Waals surface area contributed by atoms with E-state index in [0.29, 0.717) is 17.9 Å². The number of aryl methyl sites for hydroxylation is 1. The first-order valence-electron chi connectivity index (χ1n) is 5.87. The average molecular weight is 260 g/mol. The Labute approximate surface area is 110 Å². The molecule has 0 saturated carbocycles. The summed E-state index contributed by atoms with van der Waals surface area (Å²) in [5.74, 6) is 5.55. The lowest BCUT2D eigenvalue weighted by Crippen LogP contribution is -2.25. The van der Waals surface area contributed by atoms with E-state index in [2.05, 4.69) is 20.8 Å². The van der Waals surface area contributed by atoms with Gasteiger partial charge in [-0.3, -0.25) is 9.48 Å². The van der Waals surface area contributed by atoms with Gasteiger partial charge in [0.2, 0.25) is 0 Å². The van der Waals surface area contributed by atoms with Crippen LogP contribution in [0.1, 0.15) is 15.9 Å². The SMILES string of the molecule is Cn1cc(CCNC(=O)c2ccnc(NN)c2)cn1. The van der Waals surface area contributed by atoms with E-state index in [1.165, 1.54) is 6.20 Å². The Kier molecular flexibility index (Phi) is 4.09. The van der Waals surface area contributed by atoms with Crippen LogP contribution in [-0.4, -0.2) is 27.2 Å². The maximum atomic E-state index is 11.9. The fraction of sp³-hybridized carbons (Fsp3) is 0.250. The van der Waals surface area contributed by atoms with E-state index in [4.69, 9.17) is 5.84 Å². The van der Waals surface area contributed by atoms with Crippen LogP contribution in [0, 0.1) is 0 Å². The lowest BCUT2D eigenvalue weighted by atomic mass is 10.2. The van der Waals surface area contributed by atoms with Gasteiger partial charge in [-0.2, -0.15) is 5.10 Å². The Morgan fingerprint density at radius 2 is 2.37 bits per heavy atom. The third kappa shape index (κ3) is 3.52. The van der Waals surface area contributed by atoms with Crippen molar-refractivity contribution in [2.75, 3.05) is 12.0 Å². The number of nitrogen functional groups attached to an aromatic ring is 1. The zero-order chi connectivity index (χ0) is 13.7. The summed E-state index contributed by atoms with van der Waals surface area (Å²) in [7, 11) is 1.86. The number of carbonyl (C=O) groups excluding carboxylic acids is 1. The van der Waals surface area contributed by atoms with Crippen LogP contribution in [0.5, 0.6) is 0 Å². The van der Waals surface area contributed by atoms with Crippen LogP contribution in [0.3, 0.4) is 0 Å². The topological polar surface area (TPSA) is 97.9 Å². The Hall–Kier alpha value is -2.41. The Bertz CT molecular complexity index is 565. The van der Waals surface area contributed by atoms with Gasteiger partial charge in [-0.05, 0) is 24.1 Å². The van der Waals surface area contributed by atoms with Crippen molar-refractivity contribution in [2.45, 2.75) is 6.42 Å². The van der Waals surface area contributed by atoms with Crippen molar-refractivity contribution in [1.82, 2.24) is 20.1 Å². The number of hydrazine groups is 1. The van der Waals surface area contributed by atoms with Crippen LogP contribution in [0.25, 0.3) is 0 Å². The first kappa shape index (κ1) is 13.0. The number of rotatable bonds is 5. The number of aromatic nitrogens is 3. The number of carbonyl (C=O) groups is 1. The second-order valence-electron chi connectivity index (χ2n) is 4.10. The molecular weight excluding hydrogens is 244 g/mol. The van der Waals surface area contributed by atoms with E-state index in [9.17, 15) is 4.79 Å². The predicted molar refractivity (Wildman–Crippen MR) is 71.3 cm³/mol. The molecule has 0 radical (unpaired) electrons. The maximum Gasteiger partial charge on any atom is 0.251 e. The van der Waals surface area contributed by atoms with Crippen molar-refractivity contribution in [2.24, 2.45) is 12.9 Å². The molecular formula is C12H16N6O. The number of nitrogens with zero attached hydrogens (tertiary/aromatic N) is 3. The highest BCUT2D eigenvalue weighted by Crippen LogP contribution is 2.05. The molecule has 19 heavy (non-hydrogen) atoms. The van der Waals surface area contributed by atoms with E-state index in [1.54, 1.807) is 23.0 Å². The monoisotopic (exact) mass is 260 g/mol. The third-order valence-electron chi connectivity index (χ3n) is 2.63. The first-order valence-corrected chi connectivity index (χ1v) is 5.87. The van der Waals surface area contributed by atoms with Gasteiger partial charge >= 0.3 is 0 Å². The Morgan fingerprint density at radius 3 is 3.05 bits per heavy atom. The minimum Gasteiger partial charge on any atom is -0.352 e. The zero-order valence-electron chi connectivity index (χ0n) is 10.6. The second kappa shape index (κ2) is 5.96. The molecule has 0 unspecified atom stereocenters. The highest BCUT2D eigenvalue weighted by atomic mass is 16.1. The van der Waals surface area contributed by atoms with Crippen molar-refractivity contribution in [3.05, 3.63) is 41.9 Å². The van der Waals surface area contributed by atoms with Gasteiger partial charge in [-0.1, -0.05) is 0 Å². The summed E-state index contributed by atoms with van der Waals surface area (Å²) < 4.78 is 1.74. The average Bonchev–Trinajstić information content (AvgIpc) is 2.84. The molecule has 0 aromatic carbocycles. The molecule has 1 amide bonds. The molecule has 0 bridgehead atoms. The van der Waals surface area contributed by atoms with Crippen LogP contribution in [0.4, 0.5) is 5.82 Å². The fourth-order valence-electron chi connectivity index (χ4n) is 1.67. The summed E-state index contributed by atoms with van der Waals surface area (Å²) in [5, 5.41) is 6.90. The van der Waals surface area contributed by atoms with Crippen LogP contribution >= 0.6 is 0 Å². The molecule has 0 spiro atoms. The minimum atomic E-state index is -0.150. The summed E-state index contributed by atoms with van der Waals surface area (Å²) in [6, 6.07) is 3.24. The van der Waals surface area contributed by atoms with Crippen LogP contribution in [-0.2, 0) is 13.5 Å². The molecule has 7 heteroatoms. The number of pyridine rings is 1. The van der Waals surface area contributed by atoms with Crippen molar-refractivity contribution in [1.29, 1.82) is 0 Å². The van der Waals surface area contributed by atoms with E-state index in [-0.39, 0.29) is 5.91 Å². The number of hydrogen-bond acceptors (Lipinski definition) is 5. The molecule has 2 rings (SSSR count). The minimum absolute atomic E-state index is 0.150. The van der Waals surface area contributed by atoms with E-state index < -0.39 is 0 Å². The normalized spacial score (nSPS) is 10.2. The number of nitrogens with two attached hydrogens (primary N) is 1. The third-order valence-corrected chi connectivity index (χ3v) is 2.63. The molecule has 4 N–H and O–H groups in total. The largest absolute Gasteiger partial charge is 0.352 e. The van der Waals surface area contributed by atoms with Crippen molar-refractivity contribution >= 4 is 11.7 Å². The van der Waals surface area contributed by atoms with Gasteiger partial charge < -0.3 is 10.7 Å². The maximum absolute atomic E-state index is 11.9. The van der Waals surface area contributed by atoms with Crippen LogP contribution < -0.4 is 16.6 Å². The molecule has 0 aliphatic carbocycles. The summed E-state index contributed by atoms with van der Waals surface area (Å²) >= 11 is 0. The quantitative estimate of drug-likeness (QED) is 0.522. The molecule has 2 heterocycles. The molecule has 0 aliphatic rings. The summed E-state index contributed by atoms with van der Waals surface area (Å²) in [4.78, 5) is 15.8. The lowest BCUT2D eigenvalue weighted by molar-refractivity contribution is 0.0954. The Morgan fingerprint density at radius 1 is 1.53 bits per heavy atom. The van der Waals surface area contributed by atoms with Crippen molar-refractivity contribution in [3.8, 4) is 0 Å². The number of nitrogens with one attached hydrogen (secondary N) is 2. The standard InChI is InChI=1S/C12H16N6O/c1-18-8-9(7-16-18)2-4-15-12(19)10-3-5-14-11(6-10)17-13/h3,5-8H,2,4,13H2,1H3,(H,14,17)(H,15,19). The molecule has 0 saturated heterocycles. The molecule has 0 aliphatic heterocycles. The fourth-order valence-corrected chi connectivity index (χ4v) is 1.67. The first-order chi connectivity index (χ1) is 9.19. The number of anilines is 1. The molecule has 0 atom stereocenters. The van der Waals surface area contributed by atoms with E-state index in [1.807, 2.05) is 13.2 Å². The van der Waals surface area contributed by atoms with Crippen molar-refractivity contribution < 1.29 is 4.79 Å². The van der Waals surface area contributed by atoms with E-state index >= 15 is 0 Å². The van der Waals surface area contributed by atoms with Gasteiger partial charge in [0.25, 0.3) is 5.91 Å². The predicted octanol–water partition coefficient (Wildman–Crippen LogP) is 0.0732.